The molecule has 0 saturated carbocycles. The lowest BCUT2D eigenvalue weighted by Gasteiger charge is -2.33. The molecule has 3 rings (SSSR count). The van der Waals surface area contributed by atoms with Gasteiger partial charge < -0.3 is 19.7 Å². The van der Waals surface area contributed by atoms with Crippen molar-refractivity contribution < 1.29 is 23.5 Å². The van der Waals surface area contributed by atoms with Crippen molar-refractivity contribution in [1.82, 2.24) is 4.90 Å². The molecule has 29 heavy (non-hydrogen) atoms. The lowest BCUT2D eigenvalue weighted by molar-refractivity contribution is -0.116. The van der Waals surface area contributed by atoms with Crippen LogP contribution >= 0.6 is 15.9 Å². The van der Waals surface area contributed by atoms with Crippen molar-refractivity contribution in [1.29, 1.82) is 0 Å². The number of esters is 1. The SMILES string of the molecule is COC(=O)c1cc(Br)c(NCN2C=CC(=O)CC2c2ccc(F)cc2)cc1OC. The monoisotopic (exact) mass is 462 g/mol. The van der Waals surface area contributed by atoms with Gasteiger partial charge in [0.2, 0.25) is 0 Å². The fourth-order valence-electron chi connectivity index (χ4n) is 3.12. The Kier molecular flexibility index (Phi) is 6.53. The van der Waals surface area contributed by atoms with E-state index in [4.69, 9.17) is 9.47 Å². The topological polar surface area (TPSA) is 67.9 Å². The van der Waals surface area contributed by atoms with Crippen molar-refractivity contribution in [2.45, 2.75) is 12.5 Å². The van der Waals surface area contributed by atoms with E-state index in [1.54, 1.807) is 30.5 Å². The molecular formula is C21H20BrFN2O4. The summed E-state index contributed by atoms with van der Waals surface area (Å²) in [6.45, 7) is 0.380. The molecule has 1 unspecified atom stereocenters. The summed E-state index contributed by atoms with van der Waals surface area (Å²) in [7, 11) is 2.78. The lowest BCUT2D eigenvalue weighted by Crippen LogP contribution is -2.33. The molecule has 0 radical (unpaired) electrons. The van der Waals surface area contributed by atoms with Crippen LogP contribution in [0.4, 0.5) is 10.1 Å². The van der Waals surface area contributed by atoms with Gasteiger partial charge in [0, 0.05) is 23.2 Å². The summed E-state index contributed by atoms with van der Waals surface area (Å²) >= 11 is 3.45. The molecule has 1 atom stereocenters. The third-order valence-corrected chi connectivity index (χ3v) is 5.30. The second-order valence-corrected chi connectivity index (χ2v) is 7.28. The van der Waals surface area contributed by atoms with Crippen LogP contribution in [-0.2, 0) is 9.53 Å². The molecule has 0 spiro atoms. The zero-order chi connectivity index (χ0) is 21.0. The number of ketones is 1. The number of allylic oxidation sites excluding steroid dienone is 1. The van der Waals surface area contributed by atoms with Crippen LogP contribution in [0.25, 0.3) is 0 Å². The van der Waals surface area contributed by atoms with Crippen LogP contribution in [0.3, 0.4) is 0 Å². The Morgan fingerprint density at radius 2 is 2.00 bits per heavy atom. The van der Waals surface area contributed by atoms with Gasteiger partial charge in [-0.15, -0.1) is 0 Å². The summed E-state index contributed by atoms with van der Waals surface area (Å²) in [5.74, 6) is -0.427. The van der Waals surface area contributed by atoms with Crippen molar-refractivity contribution in [3.63, 3.8) is 0 Å². The summed E-state index contributed by atoms with van der Waals surface area (Å²) in [4.78, 5) is 25.8. The Morgan fingerprint density at radius 3 is 2.66 bits per heavy atom. The molecule has 2 aromatic rings. The van der Waals surface area contributed by atoms with E-state index in [0.29, 0.717) is 34.6 Å². The highest BCUT2D eigenvalue weighted by molar-refractivity contribution is 9.10. The number of carbonyl (C=O) groups is 2. The first kappa shape index (κ1) is 20.9. The van der Waals surface area contributed by atoms with E-state index in [1.165, 1.54) is 32.4 Å². The normalized spacial score (nSPS) is 15.9. The number of nitrogens with zero attached hydrogens (tertiary/aromatic N) is 1. The number of methoxy groups -OCH3 is 2. The summed E-state index contributed by atoms with van der Waals surface area (Å²) < 4.78 is 24.0. The van der Waals surface area contributed by atoms with Crippen molar-refractivity contribution in [3.8, 4) is 5.75 Å². The number of hydrogen-bond acceptors (Lipinski definition) is 6. The van der Waals surface area contributed by atoms with E-state index in [0.717, 1.165) is 5.56 Å². The lowest BCUT2D eigenvalue weighted by atomic mass is 9.97. The predicted octanol–water partition coefficient (Wildman–Crippen LogP) is 4.28. The number of halogens is 2. The Bertz CT molecular complexity index is 946. The van der Waals surface area contributed by atoms with Crippen molar-refractivity contribution in [2.24, 2.45) is 0 Å². The van der Waals surface area contributed by atoms with Crippen LogP contribution in [-0.4, -0.2) is 37.5 Å². The first-order valence-corrected chi connectivity index (χ1v) is 9.64. The first-order valence-electron chi connectivity index (χ1n) is 8.85. The molecule has 1 aliphatic rings. The second kappa shape index (κ2) is 9.09. The van der Waals surface area contributed by atoms with Crippen LogP contribution in [0.5, 0.6) is 5.75 Å². The van der Waals surface area contributed by atoms with Crippen LogP contribution in [0.15, 0.2) is 53.1 Å². The molecule has 0 aromatic heterocycles. The molecule has 0 amide bonds. The van der Waals surface area contributed by atoms with Crippen molar-refractivity contribution in [3.05, 3.63) is 70.1 Å². The average Bonchev–Trinajstić information content (AvgIpc) is 2.73. The third-order valence-electron chi connectivity index (χ3n) is 4.65. The van der Waals surface area contributed by atoms with Gasteiger partial charge in [0.1, 0.15) is 17.1 Å². The zero-order valence-corrected chi connectivity index (χ0v) is 17.5. The number of benzene rings is 2. The Labute approximate surface area is 176 Å². The molecule has 6 nitrogen and oxygen atoms in total. The molecule has 2 aromatic carbocycles. The van der Waals surface area contributed by atoms with Gasteiger partial charge in [-0.05, 0) is 45.8 Å². The molecule has 0 aliphatic carbocycles. The molecule has 1 aliphatic heterocycles. The van der Waals surface area contributed by atoms with E-state index >= 15 is 0 Å². The number of anilines is 1. The maximum atomic E-state index is 13.3. The Balaban J connectivity index is 1.81. The molecule has 0 fully saturated rings. The first-order chi connectivity index (χ1) is 13.9. The summed E-state index contributed by atoms with van der Waals surface area (Å²) in [6.07, 6.45) is 3.55. The largest absolute Gasteiger partial charge is 0.496 e. The van der Waals surface area contributed by atoms with Crippen LogP contribution in [0.1, 0.15) is 28.4 Å². The Morgan fingerprint density at radius 1 is 1.28 bits per heavy atom. The number of ether oxygens (including phenoxy) is 2. The molecule has 152 valence electrons. The average molecular weight is 463 g/mol. The van der Waals surface area contributed by atoms with Crippen molar-refractivity contribution >= 4 is 33.4 Å². The highest BCUT2D eigenvalue weighted by Gasteiger charge is 2.24. The van der Waals surface area contributed by atoms with Gasteiger partial charge >= 0.3 is 5.97 Å². The van der Waals surface area contributed by atoms with E-state index in [1.807, 2.05) is 4.90 Å². The predicted molar refractivity (Wildman–Crippen MR) is 110 cm³/mol. The van der Waals surface area contributed by atoms with Gasteiger partial charge in [-0.2, -0.15) is 0 Å². The van der Waals surface area contributed by atoms with Crippen LogP contribution in [0.2, 0.25) is 0 Å². The molecule has 1 N–H and O–H groups in total. The van der Waals surface area contributed by atoms with Gasteiger partial charge in [-0.1, -0.05) is 12.1 Å². The van der Waals surface area contributed by atoms with E-state index < -0.39 is 5.97 Å². The zero-order valence-electron chi connectivity index (χ0n) is 15.9. The maximum Gasteiger partial charge on any atom is 0.341 e. The number of hydrogen-bond donors (Lipinski definition) is 1. The number of nitrogens with one attached hydrogen (secondary N) is 1. The van der Waals surface area contributed by atoms with Crippen molar-refractivity contribution in [2.75, 3.05) is 26.2 Å². The molecule has 0 bridgehead atoms. The third kappa shape index (κ3) is 4.76. The summed E-state index contributed by atoms with van der Waals surface area (Å²) in [5.41, 5.74) is 1.86. The minimum Gasteiger partial charge on any atom is -0.496 e. The van der Waals surface area contributed by atoms with Gasteiger partial charge in [0.25, 0.3) is 0 Å². The van der Waals surface area contributed by atoms with Crippen LogP contribution in [0, 0.1) is 5.82 Å². The maximum absolute atomic E-state index is 13.3. The smallest absolute Gasteiger partial charge is 0.341 e. The summed E-state index contributed by atoms with van der Waals surface area (Å²) in [6, 6.07) is 9.25. The van der Waals surface area contributed by atoms with E-state index in [-0.39, 0.29) is 17.6 Å². The minimum absolute atomic E-state index is 0.0147. The van der Waals surface area contributed by atoms with E-state index in [2.05, 4.69) is 21.2 Å². The van der Waals surface area contributed by atoms with Crippen LogP contribution < -0.4 is 10.1 Å². The fraction of sp³-hybridized carbons (Fsp3) is 0.238. The van der Waals surface area contributed by atoms with Gasteiger partial charge in [0.15, 0.2) is 5.78 Å². The van der Waals surface area contributed by atoms with Gasteiger partial charge in [0.05, 0.1) is 32.6 Å². The molecular weight excluding hydrogens is 443 g/mol. The Hall–Kier alpha value is -2.87. The molecule has 8 heteroatoms. The summed E-state index contributed by atoms with van der Waals surface area (Å²) in [5, 5.41) is 3.28. The van der Waals surface area contributed by atoms with Gasteiger partial charge in [-0.25, -0.2) is 9.18 Å². The standard InChI is InChI=1S/C21H20BrFN2O4/c1-28-20-11-18(17(22)10-16(20)21(27)29-2)24-12-25-8-7-15(26)9-19(25)13-3-5-14(23)6-4-13/h3-8,10-11,19,24H,9,12H2,1-2H3. The molecule has 1 heterocycles. The molecule has 0 saturated heterocycles. The number of rotatable bonds is 6. The minimum atomic E-state index is -0.497. The fourth-order valence-corrected chi connectivity index (χ4v) is 3.60. The van der Waals surface area contributed by atoms with Gasteiger partial charge in [-0.3, -0.25) is 4.79 Å². The van der Waals surface area contributed by atoms with E-state index in [9.17, 15) is 14.0 Å². The number of carbonyl (C=O) groups excluding carboxylic acids is 2. The highest BCUT2D eigenvalue weighted by atomic mass is 79.9. The highest BCUT2D eigenvalue weighted by Crippen LogP contribution is 2.33. The quantitative estimate of drug-likeness (QED) is 0.646. The second-order valence-electron chi connectivity index (χ2n) is 6.43.